The number of benzene rings is 1. The first kappa shape index (κ1) is 13.2. The Labute approximate surface area is 111 Å². The van der Waals surface area contributed by atoms with Crippen molar-refractivity contribution < 1.29 is 4.39 Å². The lowest BCUT2D eigenvalue weighted by atomic mass is 10.0. The van der Waals surface area contributed by atoms with Gasteiger partial charge in [0.2, 0.25) is 0 Å². The van der Waals surface area contributed by atoms with Crippen molar-refractivity contribution in [2.75, 3.05) is 17.8 Å². The Morgan fingerprint density at radius 3 is 3.18 bits per heavy atom. The fraction of sp³-hybridized carbons (Fsp3) is 0.538. The van der Waals surface area contributed by atoms with Gasteiger partial charge in [-0.15, -0.1) is 11.8 Å². The number of hydrogen-bond acceptors (Lipinski definition) is 3. The summed E-state index contributed by atoms with van der Waals surface area (Å²) >= 11 is 3.48. The third-order valence-corrected chi connectivity index (χ3v) is 4.92. The van der Waals surface area contributed by atoms with E-state index in [1.165, 1.54) is 0 Å². The van der Waals surface area contributed by atoms with E-state index in [9.17, 15) is 4.39 Å². The summed E-state index contributed by atoms with van der Waals surface area (Å²) in [6, 6.07) is 6.19. The Bertz CT molecular complexity index is 384. The maximum absolute atomic E-state index is 13.7. The first-order valence-corrected chi connectivity index (χ1v) is 8.26. The van der Waals surface area contributed by atoms with Crippen molar-refractivity contribution in [1.29, 1.82) is 0 Å². The lowest BCUT2D eigenvalue weighted by Gasteiger charge is -2.28. The normalized spacial score (nSPS) is 21.0. The summed E-state index contributed by atoms with van der Waals surface area (Å²) in [6.07, 6.45) is 3.20. The molecule has 0 bridgehead atoms. The first-order valence-electron chi connectivity index (χ1n) is 5.88. The molecule has 1 heterocycles. The van der Waals surface area contributed by atoms with Crippen molar-refractivity contribution in [2.24, 2.45) is 0 Å². The van der Waals surface area contributed by atoms with E-state index >= 15 is 0 Å². The van der Waals surface area contributed by atoms with E-state index in [4.69, 9.17) is 0 Å². The molecule has 1 aliphatic heterocycles. The van der Waals surface area contributed by atoms with Gasteiger partial charge in [-0.05, 0) is 37.0 Å². The molecule has 0 aromatic heterocycles. The fourth-order valence-corrected chi connectivity index (χ4v) is 3.94. The molecule has 17 heavy (non-hydrogen) atoms. The van der Waals surface area contributed by atoms with Crippen LogP contribution in [0.5, 0.6) is 0 Å². The molecule has 94 valence electrons. The maximum atomic E-state index is 13.7. The molecule has 0 spiro atoms. The topological polar surface area (TPSA) is 12.0 Å². The number of fused-ring (bicyclic) bond motifs is 1. The molecular weight excluding hydrogens is 253 g/mol. The molecule has 1 nitrogen and oxygen atoms in total. The highest BCUT2D eigenvalue weighted by molar-refractivity contribution is 7.99. The van der Waals surface area contributed by atoms with Gasteiger partial charge >= 0.3 is 0 Å². The Morgan fingerprint density at radius 1 is 1.59 bits per heavy atom. The summed E-state index contributed by atoms with van der Waals surface area (Å²) in [5.74, 6) is 2.02. The van der Waals surface area contributed by atoms with Gasteiger partial charge in [0, 0.05) is 22.7 Å². The largest absolute Gasteiger partial charge is 0.307 e. The third kappa shape index (κ3) is 3.18. The van der Waals surface area contributed by atoms with E-state index in [0.29, 0.717) is 12.1 Å². The minimum Gasteiger partial charge on any atom is -0.307 e. The van der Waals surface area contributed by atoms with Crippen LogP contribution < -0.4 is 5.32 Å². The SMILES string of the molecule is CSCC(C)NC1CCSc2c(F)cccc21. The maximum Gasteiger partial charge on any atom is 0.137 e. The van der Waals surface area contributed by atoms with E-state index in [1.807, 2.05) is 23.9 Å². The summed E-state index contributed by atoms with van der Waals surface area (Å²) in [6.45, 7) is 2.19. The average Bonchev–Trinajstić information content (AvgIpc) is 2.31. The lowest BCUT2D eigenvalue weighted by Crippen LogP contribution is -2.34. The second kappa shape index (κ2) is 6.12. The van der Waals surface area contributed by atoms with E-state index in [2.05, 4.69) is 18.5 Å². The minimum atomic E-state index is -0.0727. The van der Waals surface area contributed by atoms with Gasteiger partial charge in [-0.2, -0.15) is 11.8 Å². The molecule has 4 heteroatoms. The summed E-state index contributed by atoms with van der Waals surface area (Å²) in [5, 5.41) is 3.60. The molecule has 0 aliphatic carbocycles. The van der Waals surface area contributed by atoms with Gasteiger partial charge in [-0.25, -0.2) is 4.39 Å². The number of rotatable bonds is 4. The van der Waals surface area contributed by atoms with Crippen LogP contribution in [-0.4, -0.2) is 23.8 Å². The van der Waals surface area contributed by atoms with Crippen LogP contribution in [0.1, 0.15) is 24.9 Å². The van der Waals surface area contributed by atoms with Gasteiger partial charge in [0.15, 0.2) is 0 Å². The molecule has 1 N–H and O–H groups in total. The van der Waals surface area contributed by atoms with Crippen molar-refractivity contribution in [3.63, 3.8) is 0 Å². The van der Waals surface area contributed by atoms with Crippen LogP contribution in [0.15, 0.2) is 23.1 Å². The zero-order valence-electron chi connectivity index (χ0n) is 10.2. The number of nitrogens with one attached hydrogen (secondary N) is 1. The molecule has 2 unspecified atom stereocenters. The lowest BCUT2D eigenvalue weighted by molar-refractivity contribution is 0.456. The highest BCUT2D eigenvalue weighted by Crippen LogP contribution is 2.37. The van der Waals surface area contributed by atoms with Crippen molar-refractivity contribution in [2.45, 2.75) is 30.3 Å². The van der Waals surface area contributed by atoms with Crippen molar-refractivity contribution in [3.05, 3.63) is 29.6 Å². The minimum absolute atomic E-state index is 0.0727. The average molecular weight is 271 g/mol. The molecule has 2 atom stereocenters. The summed E-state index contributed by atoms with van der Waals surface area (Å²) in [4.78, 5) is 0.840. The number of halogens is 1. The van der Waals surface area contributed by atoms with Crippen molar-refractivity contribution in [1.82, 2.24) is 5.32 Å². The van der Waals surface area contributed by atoms with E-state index in [0.717, 1.165) is 28.4 Å². The second-order valence-corrected chi connectivity index (χ2v) is 6.39. The molecule has 1 aromatic carbocycles. The van der Waals surface area contributed by atoms with Gasteiger partial charge in [0.05, 0.1) is 0 Å². The molecule has 0 radical (unpaired) electrons. The Hall–Kier alpha value is -0.190. The van der Waals surface area contributed by atoms with E-state index < -0.39 is 0 Å². The van der Waals surface area contributed by atoms with Crippen LogP contribution in [-0.2, 0) is 0 Å². The Morgan fingerprint density at radius 2 is 2.41 bits per heavy atom. The fourth-order valence-electron chi connectivity index (χ4n) is 2.20. The van der Waals surface area contributed by atoms with Crippen molar-refractivity contribution >= 4 is 23.5 Å². The van der Waals surface area contributed by atoms with Gasteiger partial charge in [-0.1, -0.05) is 12.1 Å². The van der Waals surface area contributed by atoms with Gasteiger partial charge in [0.25, 0.3) is 0 Å². The summed E-state index contributed by atoms with van der Waals surface area (Å²) < 4.78 is 13.7. The van der Waals surface area contributed by atoms with Gasteiger partial charge in [0.1, 0.15) is 5.82 Å². The van der Waals surface area contributed by atoms with Crippen LogP contribution >= 0.6 is 23.5 Å². The second-order valence-electron chi connectivity index (χ2n) is 4.37. The molecular formula is C13H18FNS2. The van der Waals surface area contributed by atoms with Crippen LogP contribution in [0.3, 0.4) is 0 Å². The standard InChI is InChI=1S/C13H18FNS2/c1-9(8-16-2)15-12-6-7-17-13-10(12)4-3-5-11(13)14/h3-5,9,12,15H,6-8H2,1-2H3. The highest BCUT2D eigenvalue weighted by atomic mass is 32.2. The van der Waals surface area contributed by atoms with E-state index in [1.54, 1.807) is 17.8 Å². The monoisotopic (exact) mass is 271 g/mol. The smallest absolute Gasteiger partial charge is 0.137 e. The van der Waals surface area contributed by atoms with E-state index in [-0.39, 0.29) is 5.82 Å². The molecule has 0 fully saturated rings. The zero-order valence-corrected chi connectivity index (χ0v) is 11.8. The first-order chi connectivity index (χ1) is 8.22. The van der Waals surface area contributed by atoms with Crippen molar-refractivity contribution in [3.8, 4) is 0 Å². The molecule has 1 aliphatic rings. The molecule has 0 amide bonds. The Balaban J connectivity index is 2.14. The molecule has 2 rings (SSSR count). The van der Waals surface area contributed by atoms with Gasteiger partial charge < -0.3 is 5.32 Å². The molecule has 0 saturated carbocycles. The van der Waals surface area contributed by atoms with Gasteiger partial charge in [-0.3, -0.25) is 0 Å². The molecule has 0 saturated heterocycles. The predicted molar refractivity (Wildman–Crippen MR) is 75.5 cm³/mol. The van der Waals surface area contributed by atoms with Crippen LogP contribution in [0.4, 0.5) is 4.39 Å². The zero-order chi connectivity index (χ0) is 12.3. The highest BCUT2D eigenvalue weighted by Gasteiger charge is 2.23. The predicted octanol–water partition coefficient (Wildman–Crippen LogP) is 3.70. The van der Waals surface area contributed by atoms with Crippen LogP contribution in [0, 0.1) is 5.82 Å². The molecule has 1 aromatic rings. The number of thioether (sulfide) groups is 2. The quantitative estimate of drug-likeness (QED) is 0.896. The van der Waals surface area contributed by atoms with Crippen LogP contribution in [0.2, 0.25) is 0 Å². The third-order valence-electron chi connectivity index (χ3n) is 2.93. The summed E-state index contributed by atoms with van der Waals surface area (Å²) in [5.41, 5.74) is 1.13. The summed E-state index contributed by atoms with van der Waals surface area (Å²) in [7, 11) is 0. The Kier molecular flexibility index (Phi) is 4.77. The van der Waals surface area contributed by atoms with Crippen LogP contribution in [0.25, 0.3) is 0 Å². The number of hydrogen-bond donors (Lipinski definition) is 1.